The molecule has 0 unspecified atom stereocenters. The monoisotopic (exact) mass is 618 g/mol. The zero-order valence-electron chi connectivity index (χ0n) is 21.7. The summed E-state index contributed by atoms with van der Waals surface area (Å²) < 4.78 is 12.7. The molecule has 0 aliphatic carbocycles. The summed E-state index contributed by atoms with van der Waals surface area (Å²) in [5.74, 6) is -0.609. The largest absolute Gasteiger partial charge is 0.490 e. The number of hydrogen-bond acceptors (Lipinski definition) is 5. The lowest BCUT2D eigenvalue weighted by Crippen LogP contribution is -2.54. The van der Waals surface area contributed by atoms with Gasteiger partial charge in [-0.15, -0.1) is 0 Å². The number of barbiturate groups is 1. The first kappa shape index (κ1) is 27.4. The van der Waals surface area contributed by atoms with Gasteiger partial charge in [0.1, 0.15) is 12.2 Å². The highest BCUT2D eigenvalue weighted by Gasteiger charge is 2.36. The Morgan fingerprint density at radius 1 is 0.975 bits per heavy atom. The van der Waals surface area contributed by atoms with Crippen molar-refractivity contribution in [1.82, 2.24) is 5.32 Å². The van der Waals surface area contributed by atoms with Gasteiger partial charge in [0.25, 0.3) is 11.8 Å². The fourth-order valence-electron chi connectivity index (χ4n) is 4.50. The molecule has 4 aromatic rings. The maximum atomic E-state index is 13.3. The quantitative estimate of drug-likeness (QED) is 0.175. The molecule has 1 saturated heterocycles. The molecule has 5 rings (SSSR count). The van der Waals surface area contributed by atoms with E-state index in [0.717, 1.165) is 26.8 Å². The van der Waals surface area contributed by atoms with Crippen molar-refractivity contribution >= 4 is 67.9 Å². The van der Waals surface area contributed by atoms with E-state index >= 15 is 0 Å². The van der Waals surface area contributed by atoms with E-state index in [1.807, 2.05) is 26.0 Å². The Balaban J connectivity index is 1.47. The minimum Gasteiger partial charge on any atom is -0.490 e. The fraction of sp³-hybridized carbons (Fsp3) is 0.129. The summed E-state index contributed by atoms with van der Waals surface area (Å²) in [6, 6.07) is 21.0. The Labute approximate surface area is 244 Å². The molecule has 1 heterocycles. The van der Waals surface area contributed by atoms with Crippen LogP contribution in [-0.2, 0) is 16.2 Å². The Hall–Kier alpha value is -4.14. The standard InChI is InChI=1S/C31H24BrClN2O5/c1-3-39-27-16-19(14-24-29(36)34-31(38)35(30(24)37)22-12-10-21(33)11-13-22)15-26(32)28(27)40-17-25-18(2)8-9-20-6-4-5-7-23(20)25/h4-16H,3,17H2,1-2H3,(H,34,36,38)/b24-14+. The zero-order valence-corrected chi connectivity index (χ0v) is 24.0. The van der Waals surface area contributed by atoms with Crippen LogP contribution in [0.15, 0.2) is 82.8 Å². The van der Waals surface area contributed by atoms with Gasteiger partial charge in [-0.1, -0.05) is 48.0 Å². The molecule has 0 spiro atoms. The number of halogens is 2. The number of nitrogens with zero attached hydrogens (tertiary/aromatic N) is 1. The highest BCUT2D eigenvalue weighted by atomic mass is 79.9. The average molecular weight is 620 g/mol. The highest BCUT2D eigenvalue weighted by molar-refractivity contribution is 9.10. The molecule has 1 N–H and O–H groups in total. The summed E-state index contributed by atoms with van der Waals surface area (Å²) in [5.41, 5.74) is 2.76. The van der Waals surface area contributed by atoms with Gasteiger partial charge in [0, 0.05) is 10.6 Å². The van der Waals surface area contributed by atoms with Gasteiger partial charge in [-0.25, -0.2) is 9.69 Å². The fourth-order valence-corrected chi connectivity index (χ4v) is 5.20. The van der Waals surface area contributed by atoms with E-state index < -0.39 is 17.8 Å². The number of nitrogens with one attached hydrogen (secondary N) is 1. The van der Waals surface area contributed by atoms with Gasteiger partial charge in [-0.05, 0) is 94.2 Å². The van der Waals surface area contributed by atoms with E-state index in [1.165, 1.54) is 18.2 Å². The molecule has 7 nitrogen and oxygen atoms in total. The number of hydrogen-bond donors (Lipinski definition) is 1. The molecule has 0 saturated carbocycles. The number of urea groups is 1. The summed E-state index contributed by atoms with van der Waals surface area (Å²) in [6.07, 6.45) is 1.42. The van der Waals surface area contributed by atoms with Gasteiger partial charge in [0.2, 0.25) is 0 Å². The molecule has 0 bridgehead atoms. The van der Waals surface area contributed by atoms with Crippen molar-refractivity contribution in [1.29, 1.82) is 0 Å². The van der Waals surface area contributed by atoms with Crippen molar-refractivity contribution in [3.8, 4) is 11.5 Å². The number of fused-ring (bicyclic) bond motifs is 1. The van der Waals surface area contributed by atoms with Gasteiger partial charge in [0.15, 0.2) is 11.5 Å². The van der Waals surface area contributed by atoms with Crippen molar-refractivity contribution in [2.75, 3.05) is 11.5 Å². The predicted octanol–water partition coefficient (Wildman–Crippen LogP) is 7.21. The van der Waals surface area contributed by atoms with E-state index in [1.54, 1.807) is 24.3 Å². The van der Waals surface area contributed by atoms with Crippen molar-refractivity contribution in [3.63, 3.8) is 0 Å². The van der Waals surface area contributed by atoms with Crippen molar-refractivity contribution in [2.45, 2.75) is 20.5 Å². The predicted molar refractivity (Wildman–Crippen MR) is 159 cm³/mol. The number of ether oxygens (including phenoxy) is 2. The molecular formula is C31H24BrClN2O5. The minimum atomic E-state index is -0.835. The number of rotatable bonds is 7. The SMILES string of the molecule is CCOc1cc(/C=C2\C(=O)NC(=O)N(c3ccc(Cl)cc3)C2=O)cc(Br)c1OCc1c(C)ccc2ccccc12. The van der Waals surface area contributed by atoms with Crippen molar-refractivity contribution in [3.05, 3.63) is 105 Å². The van der Waals surface area contributed by atoms with E-state index in [4.69, 9.17) is 21.1 Å². The summed E-state index contributed by atoms with van der Waals surface area (Å²) in [6.45, 7) is 4.58. The minimum absolute atomic E-state index is 0.205. The van der Waals surface area contributed by atoms with E-state index in [0.29, 0.717) is 39.8 Å². The molecule has 9 heteroatoms. The van der Waals surface area contributed by atoms with Crippen LogP contribution in [0.3, 0.4) is 0 Å². The Bertz CT molecular complexity index is 1680. The third-order valence-electron chi connectivity index (χ3n) is 6.46. The first-order chi connectivity index (χ1) is 19.3. The van der Waals surface area contributed by atoms with Crippen LogP contribution in [0.25, 0.3) is 16.8 Å². The van der Waals surface area contributed by atoms with Crippen LogP contribution in [0.1, 0.15) is 23.6 Å². The van der Waals surface area contributed by atoms with E-state index in [2.05, 4.69) is 45.5 Å². The Kier molecular flexibility index (Phi) is 7.91. The third kappa shape index (κ3) is 5.46. The summed E-state index contributed by atoms with van der Waals surface area (Å²) in [7, 11) is 0. The first-order valence-corrected chi connectivity index (χ1v) is 13.7. The average Bonchev–Trinajstić information content (AvgIpc) is 2.92. The van der Waals surface area contributed by atoms with E-state index in [9.17, 15) is 14.4 Å². The third-order valence-corrected chi connectivity index (χ3v) is 7.31. The zero-order chi connectivity index (χ0) is 28.4. The summed E-state index contributed by atoms with van der Waals surface area (Å²) in [4.78, 5) is 39.3. The lowest BCUT2D eigenvalue weighted by atomic mass is 10.0. The number of imide groups is 2. The molecule has 1 aliphatic rings. The van der Waals surface area contributed by atoms with Crippen LogP contribution in [0.2, 0.25) is 5.02 Å². The second-order valence-corrected chi connectivity index (χ2v) is 10.4. The lowest BCUT2D eigenvalue weighted by Gasteiger charge is -2.26. The molecule has 0 aromatic heterocycles. The number of amides is 4. The van der Waals surface area contributed by atoms with Gasteiger partial charge in [-0.2, -0.15) is 0 Å². The molecule has 0 atom stereocenters. The number of carbonyl (C=O) groups is 3. The first-order valence-electron chi connectivity index (χ1n) is 12.5. The van der Waals surface area contributed by atoms with Crippen LogP contribution in [0.5, 0.6) is 11.5 Å². The highest BCUT2D eigenvalue weighted by Crippen LogP contribution is 2.39. The van der Waals surface area contributed by atoms with Gasteiger partial charge < -0.3 is 9.47 Å². The van der Waals surface area contributed by atoms with Crippen molar-refractivity contribution in [2.24, 2.45) is 0 Å². The second-order valence-electron chi connectivity index (χ2n) is 9.07. The normalized spacial score (nSPS) is 14.6. The maximum Gasteiger partial charge on any atom is 0.335 e. The number of benzene rings is 4. The smallest absolute Gasteiger partial charge is 0.335 e. The van der Waals surface area contributed by atoms with Crippen LogP contribution in [-0.4, -0.2) is 24.5 Å². The van der Waals surface area contributed by atoms with Crippen molar-refractivity contribution < 1.29 is 23.9 Å². The molecule has 1 aliphatic heterocycles. The molecule has 4 amide bonds. The molecule has 4 aromatic carbocycles. The molecule has 40 heavy (non-hydrogen) atoms. The Morgan fingerprint density at radius 2 is 1.73 bits per heavy atom. The van der Waals surface area contributed by atoms with E-state index in [-0.39, 0.29) is 11.3 Å². The summed E-state index contributed by atoms with van der Waals surface area (Å²) >= 11 is 9.52. The molecule has 0 radical (unpaired) electrons. The number of anilines is 1. The van der Waals surface area contributed by atoms with Gasteiger partial charge in [-0.3, -0.25) is 14.9 Å². The van der Waals surface area contributed by atoms with Gasteiger partial charge >= 0.3 is 6.03 Å². The molecule has 1 fully saturated rings. The van der Waals surface area contributed by atoms with Crippen LogP contribution < -0.4 is 19.7 Å². The van der Waals surface area contributed by atoms with Crippen LogP contribution in [0, 0.1) is 6.92 Å². The van der Waals surface area contributed by atoms with Crippen LogP contribution >= 0.6 is 27.5 Å². The Morgan fingerprint density at radius 3 is 2.48 bits per heavy atom. The van der Waals surface area contributed by atoms with Crippen LogP contribution in [0.4, 0.5) is 10.5 Å². The lowest BCUT2D eigenvalue weighted by molar-refractivity contribution is -0.122. The topological polar surface area (TPSA) is 84.9 Å². The molecule has 202 valence electrons. The number of carbonyl (C=O) groups excluding carboxylic acids is 3. The maximum absolute atomic E-state index is 13.3. The van der Waals surface area contributed by atoms with Gasteiger partial charge in [0.05, 0.1) is 16.8 Å². The number of aryl methyl sites for hydroxylation is 1. The second kappa shape index (κ2) is 11.5. The summed E-state index contributed by atoms with van der Waals surface area (Å²) in [5, 5.41) is 4.91. The molecular weight excluding hydrogens is 596 g/mol.